The van der Waals surface area contributed by atoms with Gasteiger partial charge in [-0.1, -0.05) is 42.5 Å². The van der Waals surface area contributed by atoms with Crippen LogP contribution in [0.4, 0.5) is 14.9 Å². The molecule has 1 amide bonds. The molecule has 5 nitrogen and oxygen atoms in total. The van der Waals surface area contributed by atoms with Crippen LogP contribution in [0.2, 0.25) is 0 Å². The maximum atomic E-state index is 14.0. The van der Waals surface area contributed by atoms with E-state index in [9.17, 15) is 9.18 Å². The first-order valence-corrected chi connectivity index (χ1v) is 9.03. The number of carbonyl (C=O) groups is 1. The summed E-state index contributed by atoms with van der Waals surface area (Å²) in [6.07, 6.45) is -0.634. The molecule has 3 aromatic rings. The second-order valence-corrected chi connectivity index (χ2v) is 6.32. The zero-order valence-corrected chi connectivity index (χ0v) is 16.5. The van der Waals surface area contributed by atoms with Crippen molar-refractivity contribution in [2.24, 2.45) is 0 Å². The zero-order chi connectivity index (χ0) is 20.8. The van der Waals surface area contributed by atoms with Gasteiger partial charge in [-0.05, 0) is 42.3 Å². The Kier molecular flexibility index (Phi) is 6.46. The second kappa shape index (κ2) is 9.21. The number of ether oxygens (including phenoxy) is 2. The molecule has 0 saturated carbocycles. The molecule has 29 heavy (non-hydrogen) atoms. The number of methoxy groups -OCH3 is 1. The van der Waals surface area contributed by atoms with Crippen LogP contribution < -0.4 is 9.80 Å². The summed E-state index contributed by atoms with van der Waals surface area (Å²) in [5.74, 6) is 0.402. The molecule has 0 N–H and O–H groups in total. The molecule has 0 radical (unpaired) electrons. The first-order valence-electron chi connectivity index (χ1n) is 9.03. The van der Waals surface area contributed by atoms with Crippen molar-refractivity contribution in [3.05, 3.63) is 83.7 Å². The summed E-state index contributed by atoms with van der Waals surface area (Å²) in [6.45, 7) is 2.12. The third-order valence-electron chi connectivity index (χ3n) is 4.48. The van der Waals surface area contributed by atoms with E-state index in [1.54, 1.807) is 30.3 Å². The average molecular weight is 395 g/mol. The molecule has 0 atom stereocenters. The second-order valence-electron chi connectivity index (χ2n) is 6.32. The summed E-state index contributed by atoms with van der Waals surface area (Å²) in [5.41, 5.74) is 3.48. The smallest absolute Gasteiger partial charge is 0.438 e. The molecule has 0 aliphatic carbocycles. The maximum Gasteiger partial charge on any atom is 0.438 e. The van der Waals surface area contributed by atoms with Crippen LogP contribution in [0.5, 0.6) is 5.75 Å². The first kappa shape index (κ1) is 20.4. The molecule has 0 aliphatic heterocycles. The van der Waals surface area contributed by atoms with Gasteiger partial charge in [0.1, 0.15) is 18.2 Å². The minimum absolute atomic E-state index is 0.215. The van der Waals surface area contributed by atoms with E-state index in [1.165, 1.54) is 20.3 Å². The van der Waals surface area contributed by atoms with Gasteiger partial charge in [-0.15, -0.1) is 0 Å². The van der Waals surface area contributed by atoms with E-state index in [0.29, 0.717) is 17.0 Å². The molecular weight excluding hydrogens is 373 g/mol. The van der Waals surface area contributed by atoms with Crippen molar-refractivity contribution in [1.29, 1.82) is 0 Å². The molecule has 0 saturated heterocycles. The summed E-state index contributed by atoms with van der Waals surface area (Å²) in [4.78, 5) is 17.1. The quantitative estimate of drug-likeness (QED) is 0.516. The molecule has 3 aromatic carbocycles. The SMILES string of the molecule is COC(=O)N(OC)c1ccccc1COc1ccc(-c2ccccc2F)cc1C. The first-order chi connectivity index (χ1) is 14.0. The van der Waals surface area contributed by atoms with E-state index >= 15 is 0 Å². The van der Waals surface area contributed by atoms with E-state index in [0.717, 1.165) is 21.8 Å². The van der Waals surface area contributed by atoms with Gasteiger partial charge in [0.25, 0.3) is 0 Å². The van der Waals surface area contributed by atoms with Crippen molar-refractivity contribution in [3.63, 3.8) is 0 Å². The molecule has 0 aliphatic rings. The van der Waals surface area contributed by atoms with E-state index in [-0.39, 0.29) is 12.4 Å². The molecule has 0 unspecified atom stereocenters. The monoisotopic (exact) mass is 395 g/mol. The molecule has 0 heterocycles. The minimum Gasteiger partial charge on any atom is -0.489 e. The van der Waals surface area contributed by atoms with Crippen molar-refractivity contribution < 1.29 is 23.5 Å². The van der Waals surface area contributed by atoms with Gasteiger partial charge in [-0.25, -0.2) is 9.18 Å². The van der Waals surface area contributed by atoms with Gasteiger partial charge in [-0.3, -0.25) is 4.84 Å². The van der Waals surface area contributed by atoms with Crippen LogP contribution in [0.15, 0.2) is 66.7 Å². The Bertz CT molecular complexity index is 1010. The third-order valence-corrected chi connectivity index (χ3v) is 4.48. The highest BCUT2D eigenvalue weighted by Crippen LogP contribution is 2.29. The van der Waals surface area contributed by atoms with Crippen molar-refractivity contribution in [1.82, 2.24) is 0 Å². The van der Waals surface area contributed by atoms with E-state index in [4.69, 9.17) is 14.3 Å². The summed E-state index contributed by atoms with van der Waals surface area (Å²) >= 11 is 0. The summed E-state index contributed by atoms with van der Waals surface area (Å²) in [7, 11) is 2.67. The molecule has 0 bridgehead atoms. The molecule has 0 aromatic heterocycles. The van der Waals surface area contributed by atoms with Gasteiger partial charge in [0.15, 0.2) is 0 Å². The summed E-state index contributed by atoms with van der Waals surface area (Å²) < 4.78 is 24.8. The standard InChI is InChI=1S/C23H22FNO4/c1-16-14-17(19-9-5-6-10-20(19)24)12-13-22(16)29-15-18-8-4-7-11-21(18)25(28-3)23(26)27-2/h4-14H,15H2,1-3H3. The lowest BCUT2D eigenvalue weighted by molar-refractivity contribution is 0.115. The molecule has 0 fully saturated rings. The van der Waals surface area contributed by atoms with Crippen LogP contribution in [0.25, 0.3) is 11.1 Å². The lowest BCUT2D eigenvalue weighted by atomic mass is 10.0. The van der Waals surface area contributed by atoms with Gasteiger partial charge in [0.05, 0.1) is 19.9 Å². The predicted molar refractivity (Wildman–Crippen MR) is 109 cm³/mol. The van der Waals surface area contributed by atoms with Crippen LogP contribution in [0.1, 0.15) is 11.1 Å². The average Bonchev–Trinajstić information content (AvgIpc) is 2.74. The Morgan fingerprint density at radius 2 is 1.72 bits per heavy atom. The Morgan fingerprint density at radius 3 is 2.41 bits per heavy atom. The van der Waals surface area contributed by atoms with Crippen LogP contribution in [-0.4, -0.2) is 20.3 Å². The number of hydroxylamine groups is 1. The van der Waals surface area contributed by atoms with Crippen LogP contribution in [0, 0.1) is 12.7 Å². The number of aryl methyl sites for hydroxylation is 1. The van der Waals surface area contributed by atoms with Crippen molar-refractivity contribution in [3.8, 4) is 16.9 Å². The Hall–Kier alpha value is -3.38. The van der Waals surface area contributed by atoms with Crippen LogP contribution in [-0.2, 0) is 16.2 Å². The zero-order valence-electron chi connectivity index (χ0n) is 16.5. The highest BCUT2D eigenvalue weighted by atomic mass is 19.1. The van der Waals surface area contributed by atoms with Gasteiger partial charge < -0.3 is 9.47 Å². The number of nitrogens with zero attached hydrogens (tertiary/aromatic N) is 1. The lowest BCUT2D eigenvalue weighted by Crippen LogP contribution is -2.30. The van der Waals surface area contributed by atoms with Crippen LogP contribution >= 0.6 is 0 Å². The van der Waals surface area contributed by atoms with E-state index < -0.39 is 6.09 Å². The fourth-order valence-corrected chi connectivity index (χ4v) is 3.01. The van der Waals surface area contributed by atoms with Gasteiger partial charge in [0, 0.05) is 11.1 Å². The Morgan fingerprint density at radius 1 is 1.00 bits per heavy atom. The molecule has 150 valence electrons. The Labute approximate surface area is 169 Å². The number of rotatable bonds is 6. The number of hydrogen-bond donors (Lipinski definition) is 0. The number of anilines is 1. The van der Waals surface area contributed by atoms with Gasteiger partial charge in [0.2, 0.25) is 0 Å². The lowest BCUT2D eigenvalue weighted by Gasteiger charge is -2.21. The summed E-state index contributed by atoms with van der Waals surface area (Å²) in [5, 5.41) is 1.06. The van der Waals surface area contributed by atoms with Gasteiger partial charge >= 0.3 is 6.09 Å². The number of carbonyl (C=O) groups excluding carboxylic acids is 1. The van der Waals surface area contributed by atoms with Gasteiger partial charge in [-0.2, -0.15) is 5.06 Å². The third kappa shape index (κ3) is 4.55. The van der Waals surface area contributed by atoms with Crippen molar-refractivity contribution in [2.75, 3.05) is 19.3 Å². The summed E-state index contributed by atoms with van der Waals surface area (Å²) in [6, 6.07) is 19.4. The minimum atomic E-state index is -0.634. The number of amides is 1. The fourth-order valence-electron chi connectivity index (χ4n) is 3.01. The molecule has 0 spiro atoms. The van der Waals surface area contributed by atoms with Crippen LogP contribution in [0.3, 0.4) is 0 Å². The largest absolute Gasteiger partial charge is 0.489 e. The highest BCUT2D eigenvalue weighted by Gasteiger charge is 2.19. The van der Waals surface area contributed by atoms with Crippen molar-refractivity contribution in [2.45, 2.75) is 13.5 Å². The number of para-hydroxylation sites is 1. The fraction of sp³-hybridized carbons (Fsp3) is 0.174. The van der Waals surface area contributed by atoms with E-state index in [1.807, 2.05) is 37.3 Å². The number of hydrogen-bond acceptors (Lipinski definition) is 4. The predicted octanol–water partition coefficient (Wildman–Crippen LogP) is 5.51. The Balaban J connectivity index is 1.81. The molecule has 3 rings (SSSR count). The normalized spacial score (nSPS) is 10.5. The van der Waals surface area contributed by atoms with E-state index in [2.05, 4.69) is 0 Å². The topological polar surface area (TPSA) is 48.0 Å². The maximum absolute atomic E-state index is 14.0. The highest BCUT2D eigenvalue weighted by molar-refractivity contribution is 5.86. The number of benzene rings is 3. The molecule has 6 heteroatoms. The number of halogens is 1. The van der Waals surface area contributed by atoms with Crippen molar-refractivity contribution >= 4 is 11.8 Å². The molecular formula is C23H22FNO4.